The van der Waals surface area contributed by atoms with Crippen molar-refractivity contribution in [3.63, 3.8) is 0 Å². The van der Waals surface area contributed by atoms with E-state index in [1.165, 1.54) is 14.2 Å². The molecule has 17 heteroatoms. The first-order chi connectivity index (χ1) is 35.7. The number of methoxy groups -OCH3 is 3. The Balaban J connectivity index is 1.70. The normalized spacial score (nSPS) is 36.6. The third kappa shape index (κ3) is 16.0. The number of nitrogens with zero attached hydrogens (tertiary/aromatic N) is 1. The van der Waals surface area contributed by atoms with Gasteiger partial charge in [0.25, 0.3) is 11.7 Å². The molecule has 412 valence electrons. The molecule has 0 spiro atoms. The van der Waals surface area contributed by atoms with Crippen molar-refractivity contribution in [3.8, 4) is 0 Å². The van der Waals surface area contributed by atoms with Gasteiger partial charge in [0.1, 0.15) is 41.7 Å². The fourth-order valence-corrected chi connectivity index (χ4v) is 10.7. The number of Topliss-reactive ketones (excluding diaryl/α,β-unsaturated/α-hetero) is 3. The van der Waals surface area contributed by atoms with Crippen LogP contribution in [0.4, 0.5) is 0 Å². The highest BCUT2D eigenvalue weighted by molar-refractivity contribution is 6.39. The summed E-state index contributed by atoms with van der Waals surface area (Å²) in [6.45, 7) is 6.91. The van der Waals surface area contributed by atoms with E-state index >= 15 is 0 Å². The molecule has 0 radical (unpaired) electrons. The van der Waals surface area contributed by atoms with E-state index in [2.05, 4.69) is 0 Å². The van der Waals surface area contributed by atoms with Gasteiger partial charge in [-0.2, -0.15) is 0 Å². The summed E-state index contributed by atoms with van der Waals surface area (Å²) in [6.07, 6.45) is 8.19. The minimum absolute atomic E-state index is 0.0121. The van der Waals surface area contributed by atoms with Gasteiger partial charge in [0, 0.05) is 62.6 Å². The Kier molecular flexibility index (Phi) is 22.0. The first-order valence-electron chi connectivity index (χ1n) is 27.6. The van der Waals surface area contributed by atoms with Crippen LogP contribution in [-0.4, -0.2) is 156 Å². The van der Waals surface area contributed by atoms with E-state index in [0.29, 0.717) is 56.9 Å². The molecule has 3 fully saturated rings. The minimum atomic E-state index is -3.07. The van der Waals surface area contributed by atoms with Gasteiger partial charge in [-0.3, -0.25) is 24.0 Å². The Hall–Kier alpha value is -3.94. The number of ether oxygens (including phenoxy) is 6. The fourth-order valence-electron chi connectivity index (χ4n) is 10.7. The second kappa shape index (κ2) is 28.3. The molecule has 2 bridgehead atoms. The first kappa shape index (κ1) is 56.8. The van der Waals surface area contributed by atoms with Gasteiger partial charge in [0.15, 0.2) is 5.78 Å². The number of fused-ring (bicyclic) bond motifs is 3. The van der Waals surface area contributed by atoms with Gasteiger partial charge in [-0.05, 0) is 114 Å². The lowest BCUT2D eigenvalue weighted by Gasteiger charge is -2.42. The van der Waals surface area contributed by atoms with Crippen LogP contribution >= 0.6 is 0 Å². The van der Waals surface area contributed by atoms with Crippen molar-refractivity contribution in [1.29, 1.82) is 0 Å². The molecule has 4 rings (SSSR count). The van der Waals surface area contributed by atoms with Crippen molar-refractivity contribution in [3.05, 3.63) is 47.6 Å². The molecule has 1 saturated carbocycles. The molecule has 17 nitrogen and oxygen atoms in total. The summed E-state index contributed by atoms with van der Waals surface area (Å²) < 4.78 is 58.7. The Bertz CT molecular complexity index is 2120. The van der Waals surface area contributed by atoms with Crippen LogP contribution in [0.5, 0.6) is 0 Å². The highest BCUT2D eigenvalue weighted by Crippen LogP contribution is 2.38. The van der Waals surface area contributed by atoms with Crippen LogP contribution in [-0.2, 0) is 57.2 Å². The molecule has 73 heavy (non-hydrogen) atoms. The molecule has 3 aliphatic heterocycles. The summed E-state index contributed by atoms with van der Waals surface area (Å²) in [5, 5.41) is 43.4. The molecule has 15 atom stereocenters. The SMILES string of the molecule is [2H]C([2H])([2H])C(CO)(CO)C(=O)O[C@@H]1CC[C@@H](C[C@@H](C)[C@@H]2CC(=O)[C@H](C)/C=C(\C)[C@@H](O)[C@@H](OC)C(=O)[C@H](C)C[C@H](C)C=CC=CC=C(C)[C@@H](OC)C[C@@H]3CC[C@@H](C)[C@@](O)(O3)C(=O)C(=O)N3CCCC[C@H]3C(=O)O2)C[C@H]1OC. The Labute approximate surface area is 437 Å². The summed E-state index contributed by atoms with van der Waals surface area (Å²) >= 11 is 0. The molecule has 4 N–H and O–H groups in total. The minimum Gasteiger partial charge on any atom is -0.460 e. The molecular weight excluding hydrogens is 943 g/mol. The third-order valence-electron chi connectivity index (χ3n) is 15.6. The topological polar surface area (TPSA) is 242 Å². The van der Waals surface area contributed by atoms with E-state index in [1.807, 2.05) is 51.2 Å². The first-order valence-corrected chi connectivity index (χ1v) is 26.1. The maximum Gasteiger partial charge on any atom is 0.329 e. The number of carbonyl (C=O) groups excluding carboxylic acids is 6. The van der Waals surface area contributed by atoms with Crippen LogP contribution in [0.15, 0.2) is 47.6 Å². The lowest BCUT2D eigenvalue weighted by molar-refractivity contribution is -0.265. The largest absolute Gasteiger partial charge is 0.460 e. The van der Waals surface area contributed by atoms with Gasteiger partial charge in [0.05, 0.1) is 31.5 Å². The van der Waals surface area contributed by atoms with Gasteiger partial charge in [-0.1, -0.05) is 71.1 Å². The van der Waals surface area contributed by atoms with Crippen LogP contribution < -0.4 is 0 Å². The summed E-state index contributed by atoms with van der Waals surface area (Å²) in [4.78, 5) is 85.8. The highest BCUT2D eigenvalue weighted by Gasteiger charge is 2.53. The second-order valence-electron chi connectivity index (χ2n) is 21.4. The zero-order chi connectivity index (χ0) is 56.9. The van der Waals surface area contributed by atoms with E-state index in [4.69, 9.17) is 32.5 Å². The monoisotopic (exact) mass is 1030 g/mol. The smallest absolute Gasteiger partial charge is 0.329 e. The summed E-state index contributed by atoms with van der Waals surface area (Å²) in [5.41, 5.74) is -1.39. The number of piperidine rings is 1. The van der Waals surface area contributed by atoms with E-state index in [-0.39, 0.29) is 55.6 Å². The standard InChI is InChI=1S/C56H87NO16/c1-33-17-13-12-14-18-34(2)45(68-9)29-41-22-20-39(7)56(67,73-41)51(63)52(64)57-24-16-15-19-42(57)53(65)71-46(30-43(60)35(3)26-38(6)49(62)50(70-11)48(61)37(5)25-33)36(4)27-40-21-23-44(47(28-40)69-10)72-54(66)55(8,31-58)32-59/h12-14,17-18,26,33,35-37,39-42,44-47,49-50,58-59,62,67H,15-16,19-25,27-32H2,1-11H3/b14-12?,17-13?,34-18?,38-26+/t33-,35-,36-,37-,39-,40+,41+,42+,44-,45+,46+,47-,49-,50+,56-/m1/s1/i8D3. The van der Waals surface area contributed by atoms with Gasteiger partial charge < -0.3 is 53.7 Å². The molecule has 2 saturated heterocycles. The molecule has 0 aromatic rings. The van der Waals surface area contributed by atoms with E-state index in [0.717, 1.165) is 10.5 Å². The number of allylic oxidation sites excluding steroid dienone is 6. The number of hydrogen-bond acceptors (Lipinski definition) is 16. The van der Waals surface area contributed by atoms with Crippen LogP contribution in [0.25, 0.3) is 0 Å². The summed E-state index contributed by atoms with van der Waals surface area (Å²) in [6, 6.07) is -1.25. The number of cyclic esters (lactones) is 1. The lowest BCUT2D eigenvalue weighted by Crippen LogP contribution is -2.61. The molecule has 0 aromatic heterocycles. The van der Waals surface area contributed by atoms with Crippen molar-refractivity contribution in [2.24, 2.45) is 40.9 Å². The van der Waals surface area contributed by atoms with E-state index in [9.17, 15) is 49.2 Å². The lowest BCUT2D eigenvalue weighted by atomic mass is 9.78. The van der Waals surface area contributed by atoms with Crippen LogP contribution in [0.2, 0.25) is 0 Å². The van der Waals surface area contributed by atoms with Crippen LogP contribution in [0.1, 0.15) is 136 Å². The average molecular weight is 1030 g/mol. The van der Waals surface area contributed by atoms with Gasteiger partial charge in [-0.25, -0.2) is 4.79 Å². The number of hydrogen-bond donors (Lipinski definition) is 4. The molecule has 1 aliphatic carbocycles. The number of rotatable bonds is 10. The molecule has 0 unspecified atom stereocenters. The van der Waals surface area contributed by atoms with E-state index < -0.39 is 127 Å². The van der Waals surface area contributed by atoms with Gasteiger partial charge >= 0.3 is 11.9 Å². The van der Waals surface area contributed by atoms with Crippen molar-refractivity contribution < 1.29 is 81.7 Å². The second-order valence-corrected chi connectivity index (χ2v) is 21.4. The quantitative estimate of drug-likeness (QED) is 0.116. The van der Waals surface area contributed by atoms with E-state index in [1.54, 1.807) is 40.9 Å². The molecule has 4 aliphatic rings. The number of aliphatic hydroxyl groups excluding tert-OH is 3. The molecule has 1 amide bonds. The predicted molar refractivity (Wildman–Crippen MR) is 271 cm³/mol. The fraction of sp³-hybridized carbons (Fsp3) is 0.750. The molecular formula is C56H87NO16. The summed E-state index contributed by atoms with van der Waals surface area (Å²) in [5.74, 6) is -10.4. The molecule has 0 aromatic carbocycles. The van der Waals surface area contributed by atoms with Crippen molar-refractivity contribution in [2.45, 2.75) is 187 Å². The summed E-state index contributed by atoms with van der Waals surface area (Å²) in [7, 11) is 4.30. The van der Waals surface area contributed by atoms with Crippen molar-refractivity contribution in [2.75, 3.05) is 41.1 Å². The van der Waals surface area contributed by atoms with Crippen LogP contribution in [0, 0.1) is 40.9 Å². The van der Waals surface area contributed by atoms with Crippen LogP contribution in [0.3, 0.4) is 0 Å². The maximum atomic E-state index is 14.6. The van der Waals surface area contributed by atoms with Crippen molar-refractivity contribution >= 4 is 35.2 Å². The number of carbonyl (C=O) groups is 6. The Morgan fingerprint density at radius 2 is 1.60 bits per heavy atom. The number of ketones is 3. The maximum absolute atomic E-state index is 14.6. The van der Waals surface area contributed by atoms with Gasteiger partial charge in [0.2, 0.25) is 5.79 Å². The average Bonchev–Trinajstić information content (AvgIpc) is 3.38. The predicted octanol–water partition coefficient (Wildman–Crippen LogP) is 5.72. The number of amides is 1. The Morgan fingerprint density at radius 3 is 2.25 bits per heavy atom. The third-order valence-corrected chi connectivity index (χ3v) is 15.6. The zero-order valence-corrected chi connectivity index (χ0v) is 44.8. The zero-order valence-electron chi connectivity index (χ0n) is 47.8. The number of esters is 2. The van der Waals surface area contributed by atoms with Crippen molar-refractivity contribution in [1.82, 2.24) is 4.90 Å². The highest BCUT2D eigenvalue weighted by atomic mass is 16.6. The Morgan fingerprint density at radius 1 is 0.890 bits per heavy atom. The van der Waals surface area contributed by atoms with Gasteiger partial charge in [-0.15, -0.1) is 0 Å². The molecule has 3 heterocycles. The number of aliphatic hydroxyl groups is 4.